The lowest BCUT2D eigenvalue weighted by atomic mass is 9.83. The molecule has 1 aromatic rings. The molecule has 0 radical (unpaired) electrons. The molecule has 1 saturated carbocycles. The van der Waals surface area contributed by atoms with Gasteiger partial charge in [0.05, 0.1) is 5.69 Å². The van der Waals surface area contributed by atoms with Crippen LogP contribution in [0.25, 0.3) is 0 Å². The third-order valence-corrected chi connectivity index (χ3v) is 6.36. The van der Waals surface area contributed by atoms with E-state index in [1.165, 1.54) is 27.9 Å². The first-order valence-electron chi connectivity index (χ1n) is 6.87. The molecule has 2 rings (SSSR count). The highest BCUT2D eigenvalue weighted by Gasteiger charge is 2.28. The zero-order valence-corrected chi connectivity index (χ0v) is 14.3. The Balaban J connectivity index is 2.26. The fourth-order valence-corrected chi connectivity index (χ4v) is 4.05. The van der Waals surface area contributed by atoms with Gasteiger partial charge in [-0.15, -0.1) is 0 Å². The molecule has 20 heavy (non-hydrogen) atoms. The van der Waals surface area contributed by atoms with Gasteiger partial charge in [0.15, 0.2) is 0 Å². The summed E-state index contributed by atoms with van der Waals surface area (Å²) in [6.45, 7) is 0.536. The van der Waals surface area contributed by atoms with Gasteiger partial charge in [-0.1, -0.05) is 31.4 Å². The van der Waals surface area contributed by atoms with Crippen LogP contribution in [0.1, 0.15) is 25.7 Å². The average Bonchev–Trinajstić information content (AvgIpc) is 2.33. The standard InChI is InChI=1S/C14H21BrN2O2S/c1-16(2)20(18,19)17(11-10-12-6-5-7-12)14-9-4-3-8-13(14)15/h3-4,8-9,12H,5-7,10-11H2,1-2H3. The number of rotatable bonds is 6. The lowest BCUT2D eigenvalue weighted by molar-refractivity contribution is 0.300. The SMILES string of the molecule is CN(C)S(=O)(=O)N(CCC1CCC1)c1ccccc1Br. The number of benzene rings is 1. The normalized spacial score (nSPS) is 16.2. The van der Waals surface area contributed by atoms with Crippen LogP contribution in [-0.4, -0.2) is 33.4 Å². The third-order valence-electron chi connectivity index (χ3n) is 3.83. The maximum absolute atomic E-state index is 12.5. The molecule has 0 amide bonds. The van der Waals surface area contributed by atoms with Crippen LogP contribution in [0.4, 0.5) is 5.69 Å². The summed E-state index contributed by atoms with van der Waals surface area (Å²) in [5.74, 6) is 0.678. The van der Waals surface area contributed by atoms with E-state index < -0.39 is 10.2 Å². The van der Waals surface area contributed by atoms with Crippen LogP contribution in [0.15, 0.2) is 28.7 Å². The Kier molecular flexibility index (Phi) is 5.09. The summed E-state index contributed by atoms with van der Waals surface area (Å²) in [4.78, 5) is 0. The number of halogens is 1. The molecule has 1 aliphatic rings. The monoisotopic (exact) mass is 360 g/mol. The van der Waals surface area contributed by atoms with Crippen LogP contribution >= 0.6 is 15.9 Å². The predicted octanol–water partition coefficient (Wildman–Crippen LogP) is 3.25. The number of nitrogens with zero attached hydrogens (tertiary/aromatic N) is 2. The van der Waals surface area contributed by atoms with Gasteiger partial charge in [0.1, 0.15) is 0 Å². The highest BCUT2D eigenvalue weighted by Crippen LogP contribution is 2.33. The quantitative estimate of drug-likeness (QED) is 0.780. The van der Waals surface area contributed by atoms with Crippen LogP contribution < -0.4 is 4.31 Å². The smallest absolute Gasteiger partial charge is 0.257 e. The van der Waals surface area contributed by atoms with Crippen molar-refractivity contribution in [1.29, 1.82) is 0 Å². The molecule has 0 atom stereocenters. The lowest BCUT2D eigenvalue weighted by Gasteiger charge is -2.32. The maximum atomic E-state index is 12.5. The Morgan fingerprint density at radius 2 is 1.90 bits per heavy atom. The molecular weight excluding hydrogens is 340 g/mol. The summed E-state index contributed by atoms with van der Waals surface area (Å²) in [6, 6.07) is 7.46. The minimum absolute atomic E-state index is 0.536. The number of hydrogen-bond donors (Lipinski definition) is 0. The fourth-order valence-electron chi connectivity index (χ4n) is 2.29. The fraction of sp³-hybridized carbons (Fsp3) is 0.571. The van der Waals surface area contributed by atoms with Crippen molar-refractivity contribution in [2.75, 3.05) is 24.9 Å². The first kappa shape index (κ1) is 15.8. The van der Waals surface area contributed by atoms with Crippen molar-refractivity contribution in [2.24, 2.45) is 5.92 Å². The van der Waals surface area contributed by atoms with Gasteiger partial charge in [-0.3, -0.25) is 4.31 Å². The van der Waals surface area contributed by atoms with Crippen LogP contribution in [0.5, 0.6) is 0 Å². The lowest BCUT2D eigenvalue weighted by Crippen LogP contribution is -2.41. The van der Waals surface area contributed by atoms with Gasteiger partial charge in [-0.25, -0.2) is 0 Å². The van der Waals surface area contributed by atoms with Crippen molar-refractivity contribution in [3.05, 3.63) is 28.7 Å². The topological polar surface area (TPSA) is 40.6 Å². The van der Waals surface area contributed by atoms with Crippen molar-refractivity contribution in [1.82, 2.24) is 4.31 Å². The molecule has 0 heterocycles. The van der Waals surface area contributed by atoms with Crippen molar-refractivity contribution < 1.29 is 8.42 Å². The predicted molar refractivity (Wildman–Crippen MR) is 86.1 cm³/mol. The molecule has 0 spiro atoms. The van der Waals surface area contributed by atoms with E-state index >= 15 is 0 Å². The molecule has 0 unspecified atom stereocenters. The van der Waals surface area contributed by atoms with E-state index in [-0.39, 0.29) is 0 Å². The average molecular weight is 361 g/mol. The molecule has 0 N–H and O–H groups in total. The largest absolute Gasteiger partial charge is 0.303 e. The molecule has 112 valence electrons. The Morgan fingerprint density at radius 1 is 1.25 bits per heavy atom. The third kappa shape index (κ3) is 3.35. The van der Waals surface area contributed by atoms with Crippen LogP contribution in [-0.2, 0) is 10.2 Å². The van der Waals surface area contributed by atoms with E-state index in [0.717, 1.165) is 10.9 Å². The molecular formula is C14H21BrN2O2S. The number of para-hydroxylation sites is 1. The second-order valence-corrected chi connectivity index (χ2v) is 8.32. The van der Waals surface area contributed by atoms with Gasteiger partial charge >= 0.3 is 10.2 Å². The van der Waals surface area contributed by atoms with E-state index in [2.05, 4.69) is 15.9 Å². The molecule has 6 heteroatoms. The van der Waals surface area contributed by atoms with Crippen molar-refractivity contribution in [2.45, 2.75) is 25.7 Å². The van der Waals surface area contributed by atoms with E-state index in [0.29, 0.717) is 18.2 Å². The summed E-state index contributed by atoms with van der Waals surface area (Å²) >= 11 is 3.45. The van der Waals surface area contributed by atoms with E-state index in [4.69, 9.17) is 0 Å². The second kappa shape index (κ2) is 6.45. The molecule has 1 aromatic carbocycles. The van der Waals surface area contributed by atoms with E-state index in [1.54, 1.807) is 14.1 Å². The minimum atomic E-state index is -3.46. The summed E-state index contributed by atoms with van der Waals surface area (Å²) in [7, 11) is -0.314. The Bertz CT molecular complexity index is 556. The molecule has 0 bridgehead atoms. The summed E-state index contributed by atoms with van der Waals surface area (Å²) in [5, 5.41) is 0. The summed E-state index contributed by atoms with van der Waals surface area (Å²) in [5.41, 5.74) is 0.709. The van der Waals surface area contributed by atoms with Crippen molar-refractivity contribution in [3.8, 4) is 0 Å². The van der Waals surface area contributed by atoms with Crippen LogP contribution in [0.3, 0.4) is 0 Å². The Morgan fingerprint density at radius 3 is 2.40 bits per heavy atom. The molecule has 0 saturated heterocycles. The van der Waals surface area contributed by atoms with E-state index in [1.807, 2.05) is 24.3 Å². The van der Waals surface area contributed by atoms with E-state index in [9.17, 15) is 8.42 Å². The Labute approximate surface area is 130 Å². The summed E-state index contributed by atoms with van der Waals surface area (Å²) in [6.07, 6.45) is 4.66. The highest BCUT2D eigenvalue weighted by atomic mass is 79.9. The van der Waals surface area contributed by atoms with Crippen LogP contribution in [0.2, 0.25) is 0 Å². The molecule has 1 aliphatic carbocycles. The van der Waals surface area contributed by atoms with Crippen molar-refractivity contribution in [3.63, 3.8) is 0 Å². The first-order valence-corrected chi connectivity index (χ1v) is 9.06. The van der Waals surface area contributed by atoms with Gasteiger partial charge in [0.2, 0.25) is 0 Å². The minimum Gasteiger partial charge on any atom is -0.257 e. The van der Waals surface area contributed by atoms with Gasteiger partial charge < -0.3 is 0 Å². The van der Waals surface area contributed by atoms with Gasteiger partial charge in [0.25, 0.3) is 0 Å². The zero-order valence-electron chi connectivity index (χ0n) is 11.9. The maximum Gasteiger partial charge on any atom is 0.303 e. The molecule has 0 aromatic heterocycles. The molecule has 4 nitrogen and oxygen atoms in total. The second-order valence-electron chi connectivity index (χ2n) is 5.40. The zero-order chi connectivity index (χ0) is 14.8. The summed E-state index contributed by atoms with van der Waals surface area (Å²) < 4.78 is 28.7. The first-order chi connectivity index (χ1) is 9.43. The molecule has 1 fully saturated rings. The number of hydrogen-bond acceptors (Lipinski definition) is 2. The highest BCUT2D eigenvalue weighted by molar-refractivity contribution is 9.10. The molecule has 0 aliphatic heterocycles. The van der Waals surface area contributed by atoms with Gasteiger partial charge in [-0.05, 0) is 40.4 Å². The number of anilines is 1. The van der Waals surface area contributed by atoms with Gasteiger partial charge in [0, 0.05) is 25.1 Å². The Hall–Kier alpha value is -0.590. The van der Waals surface area contributed by atoms with Crippen LogP contribution in [0, 0.1) is 5.92 Å². The van der Waals surface area contributed by atoms with Gasteiger partial charge in [-0.2, -0.15) is 12.7 Å². The van der Waals surface area contributed by atoms with Crippen molar-refractivity contribution >= 4 is 31.8 Å².